The molecule has 0 saturated carbocycles. The van der Waals surface area contributed by atoms with Crippen LogP contribution in [0.25, 0.3) is 0 Å². The van der Waals surface area contributed by atoms with Crippen LogP contribution in [-0.4, -0.2) is 49.2 Å². The van der Waals surface area contributed by atoms with Gasteiger partial charge in [0.25, 0.3) is 5.79 Å². The Kier molecular flexibility index (Phi) is 8.91. The molecule has 106 valence electrons. The number of ether oxygens (including phenoxy) is 3. The predicted molar refractivity (Wildman–Crippen MR) is 72.3 cm³/mol. The molecule has 5 nitrogen and oxygen atoms in total. The average molecular weight is 276 g/mol. The van der Waals surface area contributed by atoms with Crippen LogP contribution < -0.4 is 0 Å². The normalized spacial score (nSPS) is 14.2. The first-order chi connectivity index (χ1) is 8.52. The van der Waals surface area contributed by atoms with E-state index in [2.05, 4.69) is 6.58 Å². The first kappa shape index (κ1) is 17.3. The summed E-state index contributed by atoms with van der Waals surface area (Å²) in [6.07, 6.45) is 1.06. The Morgan fingerprint density at radius 2 is 2.11 bits per heavy atom. The maximum Gasteiger partial charge on any atom is 0.352 e. The molecular formula is C12H24O5Si. The standard InChI is InChI=1S/C12H24O5Si/c1-5-16-12(14-4,11(13)17-18)7-6-8-15-9-10(2)3/h2,5-9H2,1,3-4,18H3. The van der Waals surface area contributed by atoms with Crippen LogP contribution in [-0.2, 0) is 23.4 Å². The largest absolute Gasteiger partial charge is 0.525 e. The van der Waals surface area contributed by atoms with Crippen molar-refractivity contribution in [3.8, 4) is 0 Å². The summed E-state index contributed by atoms with van der Waals surface area (Å²) in [6.45, 7) is 8.90. The van der Waals surface area contributed by atoms with Gasteiger partial charge in [0, 0.05) is 26.7 Å². The molecule has 0 bridgehead atoms. The van der Waals surface area contributed by atoms with Gasteiger partial charge in [-0.15, -0.1) is 0 Å². The summed E-state index contributed by atoms with van der Waals surface area (Å²) in [5.41, 5.74) is 0.969. The predicted octanol–water partition coefficient (Wildman–Crippen LogP) is 0.562. The van der Waals surface area contributed by atoms with Gasteiger partial charge in [-0.1, -0.05) is 12.2 Å². The van der Waals surface area contributed by atoms with Crippen LogP contribution >= 0.6 is 0 Å². The van der Waals surface area contributed by atoms with E-state index in [-0.39, 0.29) is 0 Å². The summed E-state index contributed by atoms with van der Waals surface area (Å²) in [5, 5.41) is 0. The van der Waals surface area contributed by atoms with E-state index in [1.54, 1.807) is 0 Å². The second kappa shape index (κ2) is 9.27. The molecule has 0 aromatic rings. The van der Waals surface area contributed by atoms with Gasteiger partial charge in [0.2, 0.25) is 10.5 Å². The molecule has 0 aromatic carbocycles. The summed E-state index contributed by atoms with van der Waals surface area (Å²) >= 11 is 0. The van der Waals surface area contributed by atoms with Gasteiger partial charge >= 0.3 is 5.97 Å². The lowest BCUT2D eigenvalue weighted by Gasteiger charge is -2.29. The summed E-state index contributed by atoms with van der Waals surface area (Å²) in [7, 11) is 1.77. The summed E-state index contributed by atoms with van der Waals surface area (Å²) in [6, 6.07) is 0. The molecule has 0 aliphatic rings. The second-order valence-electron chi connectivity index (χ2n) is 3.99. The average Bonchev–Trinajstić information content (AvgIpc) is 2.35. The van der Waals surface area contributed by atoms with E-state index in [9.17, 15) is 4.79 Å². The molecule has 6 heteroatoms. The molecule has 1 unspecified atom stereocenters. The van der Waals surface area contributed by atoms with Crippen LogP contribution in [0.4, 0.5) is 0 Å². The number of methoxy groups -OCH3 is 1. The first-order valence-electron chi connectivity index (χ1n) is 6.02. The van der Waals surface area contributed by atoms with E-state index in [0.29, 0.717) is 43.1 Å². The van der Waals surface area contributed by atoms with Gasteiger partial charge in [0.1, 0.15) is 0 Å². The van der Waals surface area contributed by atoms with Gasteiger partial charge in [0.05, 0.1) is 6.61 Å². The minimum Gasteiger partial charge on any atom is -0.525 e. The third kappa shape index (κ3) is 5.77. The van der Waals surface area contributed by atoms with Crippen molar-refractivity contribution in [3.63, 3.8) is 0 Å². The molecule has 18 heavy (non-hydrogen) atoms. The highest BCUT2D eigenvalue weighted by Gasteiger charge is 2.40. The minimum absolute atomic E-state index is 0.321. The molecule has 0 amide bonds. The molecule has 0 spiro atoms. The smallest absolute Gasteiger partial charge is 0.352 e. The van der Waals surface area contributed by atoms with Crippen LogP contribution in [0.5, 0.6) is 0 Å². The number of rotatable bonds is 10. The van der Waals surface area contributed by atoms with E-state index in [0.717, 1.165) is 5.57 Å². The highest BCUT2D eigenvalue weighted by molar-refractivity contribution is 6.06. The van der Waals surface area contributed by atoms with Crippen molar-refractivity contribution in [1.82, 2.24) is 0 Å². The van der Waals surface area contributed by atoms with Crippen molar-refractivity contribution in [2.75, 3.05) is 26.9 Å². The Bertz CT molecular complexity index is 269. The van der Waals surface area contributed by atoms with Gasteiger partial charge in [-0.2, -0.15) is 0 Å². The maximum atomic E-state index is 11.7. The Balaban J connectivity index is 4.24. The van der Waals surface area contributed by atoms with Gasteiger partial charge in [-0.25, -0.2) is 4.79 Å². The van der Waals surface area contributed by atoms with Crippen LogP contribution in [0.3, 0.4) is 0 Å². The van der Waals surface area contributed by atoms with E-state index in [1.165, 1.54) is 7.11 Å². The second-order valence-corrected chi connectivity index (χ2v) is 4.40. The molecule has 0 radical (unpaired) electrons. The zero-order valence-corrected chi connectivity index (χ0v) is 13.8. The quantitative estimate of drug-likeness (QED) is 0.253. The fourth-order valence-corrected chi connectivity index (χ4v) is 1.83. The molecule has 0 aliphatic heterocycles. The van der Waals surface area contributed by atoms with Gasteiger partial charge < -0.3 is 18.6 Å². The topological polar surface area (TPSA) is 54.0 Å². The van der Waals surface area contributed by atoms with E-state index in [1.807, 2.05) is 13.8 Å². The Labute approximate surface area is 112 Å². The summed E-state index contributed by atoms with van der Waals surface area (Å²) in [4.78, 5) is 11.7. The molecule has 0 aliphatic carbocycles. The minimum atomic E-state index is -1.29. The fourth-order valence-electron chi connectivity index (χ4n) is 1.52. The molecule has 0 fully saturated rings. The number of hydrogen-bond acceptors (Lipinski definition) is 5. The van der Waals surface area contributed by atoms with Crippen molar-refractivity contribution < 1.29 is 23.4 Å². The monoisotopic (exact) mass is 276 g/mol. The van der Waals surface area contributed by atoms with Crippen molar-refractivity contribution in [1.29, 1.82) is 0 Å². The Hall–Kier alpha value is -0.693. The lowest BCUT2D eigenvalue weighted by atomic mass is 10.1. The molecule has 0 saturated heterocycles. The summed E-state index contributed by atoms with van der Waals surface area (Å²) in [5.74, 6) is -1.75. The lowest BCUT2D eigenvalue weighted by Crippen LogP contribution is -2.45. The Morgan fingerprint density at radius 1 is 1.44 bits per heavy atom. The molecule has 0 rings (SSSR count). The molecule has 0 aromatic heterocycles. The number of carbonyl (C=O) groups is 1. The summed E-state index contributed by atoms with van der Waals surface area (Å²) < 4.78 is 20.8. The zero-order chi connectivity index (χ0) is 14.0. The highest BCUT2D eigenvalue weighted by atomic mass is 28.2. The van der Waals surface area contributed by atoms with Crippen molar-refractivity contribution in [2.24, 2.45) is 0 Å². The van der Waals surface area contributed by atoms with Gasteiger partial charge in [-0.3, -0.25) is 0 Å². The van der Waals surface area contributed by atoms with Crippen molar-refractivity contribution >= 4 is 16.5 Å². The third-order valence-electron chi connectivity index (χ3n) is 2.35. The van der Waals surface area contributed by atoms with E-state index < -0.39 is 11.8 Å². The molecule has 0 N–H and O–H groups in total. The number of carbonyl (C=O) groups excluding carboxylic acids is 1. The van der Waals surface area contributed by atoms with Crippen molar-refractivity contribution in [2.45, 2.75) is 32.5 Å². The Morgan fingerprint density at radius 3 is 2.56 bits per heavy atom. The number of hydrogen-bond donors (Lipinski definition) is 0. The fraction of sp³-hybridized carbons (Fsp3) is 0.750. The SMILES string of the molecule is C=C(C)COCCCC(OC)(OCC)C(=O)O[SiH3]. The van der Waals surface area contributed by atoms with Crippen LogP contribution in [0, 0.1) is 0 Å². The maximum absolute atomic E-state index is 11.7. The zero-order valence-electron chi connectivity index (χ0n) is 11.8. The lowest BCUT2D eigenvalue weighted by molar-refractivity contribution is -0.234. The highest BCUT2D eigenvalue weighted by Crippen LogP contribution is 2.21. The third-order valence-corrected chi connectivity index (χ3v) is 2.72. The van der Waals surface area contributed by atoms with Crippen LogP contribution in [0.2, 0.25) is 0 Å². The van der Waals surface area contributed by atoms with Gasteiger partial charge in [-0.05, 0) is 20.3 Å². The molecule has 1 atom stereocenters. The van der Waals surface area contributed by atoms with Crippen LogP contribution in [0.15, 0.2) is 12.2 Å². The molecular weight excluding hydrogens is 252 g/mol. The van der Waals surface area contributed by atoms with Gasteiger partial charge in [0.15, 0.2) is 0 Å². The van der Waals surface area contributed by atoms with Crippen LogP contribution in [0.1, 0.15) is 26.7 Å². The molecule has 0 heterocycles. The first-order valence-corrected chi connectivity index (χ1v) is 6.83. The van der Waals surface area contributed by atoms with E-state index in [4.69, 9.17) is 18.6 Å². The van der Waals surface area contributed by atoms with Crippen molar-refractivity contribution in [3.05, 3.63) is 12.2 Å². The van der Waals surface area contributed by atoms with E-state index >= 15 is 0 Å².